The zero-order valence-corrected chi connectivity index (χ0v) is 12.6. The van der Waals surface area contributed by atoms with Crippen molar-refractivity contribution in [2.45, 2.75) is 31.0 Å². The molecule has 3 atom stereocenters. The summed E-state index contributed by atoms with van der Waals surface area (Å²) in [5, 5.41) is 0. The molecule has 1 aliphatic heterocycles. The van der Waals surface area contributed by atoms with Gasteiger partial charge in [0.15, 0.2) is 0 Å². The molecule has 1 aliphatic rings. The highest BCUT2D eigenvalue weighted by Crippen LogP contribution is 2.26. The van der Waals surface area contributed by atoms with Gasteiger partial charge >= 0.3 is 0 Å². The van der Waals surface area contributed by atoms with Gasteiger partial charge in [0.05, 0.1) is 5.92 Å². The molecule has 1 aromatic carbocycles. The molecule has 2 rings (SSSR count). The van der Waals surface area contributed by atoms with Gasteiger partial charge in [0, 0.05) is 17.9 Å². The second-order valence-corrected chi connectivity index (χ2v) is 6.37. The summed E-state index contributed by atoms with van der Waals surface area (Å²) in [6, 6.07) is 10.0. The first-order chi connectivity index (χ1) is 8.59. The molecule has 18 heavy (non-hydrogen) atoms. The van der Waals surface area contributed by atoms with Crippen molar-refractivity contribution < 1.29 is 4.79 Å². The molecular weight excluding hydrogens is 290 g/mol. The van der Waals surface area contributed by atoms with Gasteiger partial charge in [-0.15, -0.1) is 0 Å². The fraction of sp³-hybridized carbons (Fsp3) is 0.533. The lowest BCUT2D eigenvalue weighted by Crippen LogP contribution is -2.45. The van der Waals surface area contributed by atoms with Gasteiger partial charge in [-0.05, 0) is 24.8 Å². The highest BCUT2D eigenvalue weighted by Gasteiger charge is 2.29. The number of halogens is 1. The van der Waals surface area contributed by atoms with E-state index in [-0.39, 0.29) is 11.8 Å². The van der Waals surface area contributed by atoms with Crippen LogP contribution in [-0.4, -0.2) is 28.7 Å². The van der Waals surface area contributed by atoms with Crippen molar-refractivity contribution >= 4 is 21.8 Å². The lowest BCUT2D eigenvalue weighted by atomic mass is 9.95. The van der Waals surface area contributed by atoms with Crippen LogP contribution < -0.4 is 0 Å². The molecule has 3 heteroatoms. The average molecular weight is 310 g/mol. The molecule has 1 fully saturated rings. The topological polar surface area (TPSA) is 20.3 Å². The van der Waals surface area contributed by atoms with Crippen molar-refractivity contribution in [2.75, 3.05) is 13.1 Å². The van der Waals surface area contributed by atoms with Gasteiger partial charge < -0.3 is 4.90 Å². The molecule has 1 heterocycles. The number of likely N-dealkylation sites (tertiary alicyclic amines) is 1. The lowest BCUT2D eigenvalue weighted by molar-refractivity contribution is -0.133. The Kier molecular flexibility index (Phi) is 4.44. The van der Waals surface area contributed by atoms with E-state index in [4.69, 9.17) is 0 Å². The summed E-state index contributed by atoms with van der Waals surface area (Å²) in [4.78, 5) is 14.9. The number of piperidine rings is 1. The minimum Gasteiger partial charge on any atom is -0.341 e. The van der Waals surface area contributed by atoms with E-state index < -0.39 is 0 Å². The van der Waals surface area contributed by atoms with E-state index in [9.17, 15) is 4.79 Å². The summed E-state index contributed by atoms with van der Waals surface area (Å²) >= 11 is 3.67. The number of carbonyl (C=O) groups excluding carboxylic acids is 1. The second kappa shape index (κ2) is 5.87. The van der Waals surface area contributed by atoms with Gasteiger partial charge in [0.25, 0.3) is 0 Å². The quantitative estimate of drug-likeness (QED) is 0.767. The summed E-state index contributed by atoms with van der Waals surface area (Å²) in [6.07, 6.45) is 1.09. The Morgan fingerprint density at radius 3 is 2.67 bits per heavy atom. The molecule has 1 saturated heterocycles. The molecular formula is C15H20BrNO. The molecule has 1 amide bonds. The van der Waals surface area contributed by atoms with Crippen molar-refractivity contribution in [1.29, 1.82) is 0 Å². The van der Waals surface area contributed by atoms with Gasteiger partial charge in [-0.1, -0.05) is 53.2 Å². The maximum Gasteiger partial charge on any atom is 0.229 e. The molecule has 1 aromatic rings. The van der Waals surface area contributed by atoms with Gasteiger partial charge in [0.1, 0.15) is 0 Å². The summed E-state index contributed by atoms with van der Waals surface area (Å²) in [7, 11) is 0. The van der Waals surface area contributed by atoms with Crippen LogP contribution in [0, 0.1) is 5.92 Å². The number of benzene rings is 1. The Labute approximate surface area is 117 Å². The summed E-state index contributed by atoms with van der Waals surface area (Å²) in [5.41, 5.74) is 1.10. The van der Waals surface area contributed by atoms with Crippen LogP contribution in [-0.2, 0) is 4.79 Å². The molecule has 0 aromatic heterocycles. The van der Waals surface area contributed by atoms with E-state index in [2.05, 4.69) is 22.9 Å². The van der Waals surface area contributed by atoms with Crippen LogP contribution in [0.2, 0.25) is 0 Å². The van der Waals surface area contributed by atoms with E-state index in [0.29, 0.717) is 10.7 Å². The van der Waals surface area contributed by atoms with E-state index in [1.54, 1.807) is 0 Å². The van der Waals surface area contributed by atoms with Gasteiger partial charge in [-0.3, -0.25) is 4.79 Å². The minimum absolute atomic E-state index is 0.0423. The highest BCUT2D eigenvalue weighted by atomic mass is 79.9. The normalized spacial score (nSPS) is 25.8. The summed E-state index contributed by atoms with van der Waals surface area (Å²) < 4.78 is 0. The summed E-state index contributed by atoms with van der Waals surface area (Å²) in [5.74, 6) is 0.859. The van der Waals surface area contributed by atoms with Crippen LogP contribution in [0.3, 0.4) is 0 Å². The largest absolute Gasteiger partial charge is 0.341 e. The predicted molar refractivity (Wildman–Crippen MR) is 77.9 cm³/mol. The first-order valence-electron chi connectivity index (χ1n) is 6.57. The van der Waals surface area contributed by atoms with Crippen molar-refractivity contribution in [3.8, 4) is 0 Å². The van der Waals surface area contributed by atoms with Crippen LogP contribution in [0.1, 0.15) is 31.7 Å². The van der Waals surface area contributed by atoms with Crippen LogP contribution in [0.4, 0.5) is 0 Å². The lowest BCUT2D eigenvalue weighted by Gasteiger charge is -2.35. The number of rotatable bonds is 2. The monoisotopic (exact) mass is 309 g/mol. The number of amides is 1. The van der Waals surface area contributed by atoms with E-state index in [1.165, 1.54) is 0 Å². The van der Waals surface area contributed by atoms with Crippen LogP contribution in [0.5, 0.6) is 0 Å². The third kappa shape index (κ3) is 2.94. The van der Waals surface area contributed by atoms with E-state index >= 15 is 0 Å². The summed E-state index contributed by atoms with van der Waals surface area (Å²) in [6.45, 7) is 5.96. The van der Waals surface area contributed by atoms with Crippen LogP contribution >= 0.6 is 15.9 Å². The molecule has 3 unspecified atom stereocenters. The Balaban J connectivity index is 2.03. The number of alkyl halides is 1. The molecule has 0 aliphatic carbocycles. The maximum atomic E-state index is 12.5. The van der Waals surface area contributed by atoms with Crippen LogP contribution in [0.25, 0.3) is 0 Å². The van der Waals surface area contributed by atoms with Gasteiger partial charge in [-0.2, -0.15) is 0 Å². The number of hydrogen-bond donors (Lipinski definition) is 0. The highest BCUT2D eigenvalue weighted by molar-refractivity contribution is 9.09. The van der Waals surface area contributed by atoms with Gasteiger partial charge in [-0.25, -0.2) is 0 Å². The van der Waals surface area contributed by atoms with E-state index in [1.807, 2.05) is 42.2 Å². The van der Waals surface area contributed by atoms with Gasteiger partial charge in [0.2, 0.25) is 5.91 Å². The Hall–Kier alpha value is -0.830. The first-order valence-corrected chi connectivity index (χ1v) is 7.49. The van der Waals surface area contributed by atoms with Crippen LogP contribution in [0.15, 0.2) is 30.3 Å². The fourth-order valence-electron chi connectivity index (χ4n) is 2.38. The molecule has 0 bridgehead atoms. The molecule has 0 N–H and O–H groups in total. The molecule has 0 saturated carbocycles. The Bertz CT molecular complexity index is 406. The predicted octanol–water partition coefficient (Wildman–Crippen LogP) is 3.42. The van der Waals surface area contributed by atoms with Crippen molar-refractivity contribution in [3.63, 3.8) is 0 Å². The Morgan fingerprint density at radius 2 is 2.06 bits per heavy atom. The molecule has 98 valence electrons. The maximum absolute atomic E-state index is 12.5. The zero-order chi connectivity index (χ0) is 13.1. The fourth-order valence-corrected chi connectivity index (χ4v) is 2.99. The molecule has 2 nitrogen and oxygen atoms in total. The smallest absolute Gasteiger partial charge is 0.229 e. The number of nitrogens with zero attached hydrogens (tertiary/aromatic N) is 1. The molecule has 0 radical (unpaired) electrons. The molecule has 0 spiro atoms. The van der Waals surface area contributed by atoms with Crippen molar-refractivity contribution in [2.24, 2.45) is 5.92 Å². The minimum atomic E-state index is -0.0423. The number of carbonyl (C=O) groups is 1. The average Bonchev–Trinajstić information content (AvgIpc) is 2.41. The Morgan fingerprint density at radius 1 is 1.39 bits per heavy atom. The standard InChI is InChI=1S/C15H20BrNO/c1-11-8-9-17(10-14(11)16)15(18)12(2)13-6-4-3-5-7-13/h3-7,11-12,14H,8-10H2,1-2H3. The van der Waals surface area contributed by atoms with Crippen molar-refractivity contribution in [1.82, 2.24) is 4.90 Å². The second-order valence-electron chi connectivity index (χ2n) is 5.20. The SMILES string of the molecule is CC(C(=O)N1CCC(C)C(Br)C1)c1ccccc1. The van der Waals surface area contributed by atoms with E-state index in [0.717, 1.165) is 25.1 Å². The first kappa shape index (κ1) is 13.6. The zero-order valence-electron chi connectivity index (χ0n) is 11.0. The third-order valence-corrected chi connectivity index (χ3v) is 5.04. The number of hydrogen-bond acceptors (Lipinski definition) is 1. The van der Waals surface area contributed by atoms with Crippen molar-refractivity contribution in [3.05, 3.63) is 35.9 Å². The third-order valence-electron chi connectivity index (χ3n) is 3.85.